The zero-order valence-electron chi connectivity index (χ0n) is 10.2. The Kier molecular flexibility index (Phi) is 3.35. The third-order valence-corrected chi connectivity index (χ3v) is 2.98. The molecule has 0 aliphatic carbocycles. The minimum Gasteiger partial charge on any atom is -0.311 e. The summed E-state index contributed by atoms with van der Waals surface area (Å²) < 4.78 is 0. The molecule has 20 heavy (non-hydrogen) atoms. The fourth-order valence-electron chi connectivity index (χ4n) is 2.01. The number of hydrogen-bond acceptors (Lipinski definition) is 5. The quantitative estimate of drug-likeness (QED) is 0.472. The van der Waals surface area contributed by atoms with Crippen molar-refractivity contribution in [2.24, 2.45) is 5.92 Å². The first-order chi connectivity index (χ1) is 9.42. The van der Waals surface area contributed by atoms with Gasteiger partial charge in [-0.05, 0) is 0 Å². The standard InChI is InChI=1S/C12H9N3O5/c1-2-8-3-12(16)13(7-8)9-4-10(14(17)18)6-11(5-9)15(19)20/h1,4-6,8H,3,7H2. The Hall–Kier alpha value is -2.95. The van der Waals surface area contributed by atoms with Gasteiger partial charge in [0.05, 0.1) is 21.6 Å². The summed E-state index contributed by atoms with van der Waals surface area (Å²) in [6.45, 7) is 0.202. The lowest BCUT2D eigenvalue weighted by Crippen LogP contribution is -2.24. The molecule has 0 bridgehead atoms. The molecule has 1 amide bonds. The number of anilines is 1. The molecule has 0 spiro atoms. The number of hydrogen-bond donors (Lipinski definition) is 0. The second-order valence-electron chi connectivity index (χ2n) is 4.29. The highest BCUT2D eigenvalue weighted by molar-refractivity contribution is 5.96. The first kappa shape index (κ1) is 13.5. The zero-order valence-corrected chi connectivity index (χ0v) is 10.2. The number of carbonyl (C=O) groups excluding carboxylic acids is 1. The monoisotopic (exact) mass is 275 g/mol. The Balaban J connectivity index is 2.46. The van der Waals surface area contributed by atoms with Crippen molar-refractivity contribution in [3.8, 4) is 12.3 Å². The maximum absolute atomic E-state index is 11.8. The van der Waals surface area contributed by atoms with Crippen LogP contribution in [0.25, 0.3) is 0 Å². The van der Waals surface area contributed by atoms with Crippen molar-refractivity contribution >= 4 is 23.0 Å². The molecular weight excluding hydrogens is 266 g/mol. The molecule has 1 saturated heterocycles. The molecule has 1 aliphatic rings. The highest BCUT2D eigenvalue weighted by Gasteiger charge is 2.31. The number of nitrogens with zero attached hydrogens (tertiary/aromatic N) is 3. The lowest BCUT2D eigenvalue weighted by atomic mass is 10.1. The van der Waals surface area contributed by atoms with Gasteiger partial charge in [0, 0.05) is 31.0 Å². The molecule has 8 heteroatoms. The van der Waals surface area contributed by atoms with Crippen LogP contribution in [0.15, 0.2) is 18.2 Å². The maximum atomic E-state index is 11.8. The van der Waals surface area contributed by atoms with Crippen LogP contribution in [0.3, 0.4) is 0 Å². The summed E-state index contributed by atoms with van der Waals surface area (Å²) in [5.41, 5.74) is -0.758. The summed E-state index contributed by atoms with van der Waals surface area (Å²) in [5, 5.41) is 21.6. The van der Waals surface area contributed by atoms with Gasteiger partial charge in [-0.1, -0.05) is 0 Å². The van der Waals surface area contributed by atoms with Gasteiger partial charge in [-0.25, -0.2) is 0 Å². The number of rotatable bonds is 3. The average molecular weight is 275 g/mol. The number of nitro groups is 2. The van der Waals surface area contributed by atoms with Crippen molar-refractivity contribution in [2.45, 2.75) is 6.42 Å². The number of carbonyl (C=O) groups is 1. The van der Waals surface area contributed by atoms with Crippen LogP contribution in [0.4, 0.5) is 17.1 Å². The molecule has 1 aliphatic heterocycles. The largest absolute Gasteiger partial charge is 0.311 e. The lowest BCUT2D eigenvalue weighted by molar-refractivity contribution is -0.394. The van der Waals surface area contributed by atoms with Crippen LogP contribution in [-0.2, 0) is 4.79 Å². The Morgan fingerprint density at radius 1 is 1.20 bits per heavy atom. The van der Waals surface area contributed by atoms with E-state index in [0.717, 1.165) is 18.2 Å². The van der Waals surface area contributed by atoms with Gasteiger partial charge in [-0.15, -0.1) is 12.3 Å². The Morgan fingerprint density at radius 3 is 2.15 bits per heavy atom. The summed E-state index contributed by atoms with van der Waals surface area (Å²) >= 11 is 0. The highest BCUT2D eigenvalue weighted by Crippen LogP contribution is 2.31. The van der Waals surface area contributed by atoms with E-state index in [-0.39, 0.29) is 30.5 Å². The predicted molar refractivity (Wildman–Crippen MR) is 69.0 cm³/mol. The second kappa shape index (κ2) is 4.97. The van der Waals surface area contributed by atoms with E-state index < -0.39 is 21.2 Å². The number of terminal acetylenes is 1. The van der Waals surface area contributed by atoms with E-state index in [4.69, 9.17) is 6.42 Å². The smallest absolute Gasteiger partial charge is 0.278 e. The Labute approximate surface area is 113 Å². The lowest BCUT2D eigenvalue weighted by Gasteiger charge is -2.15. The molecule has 1 unspecified atom stereocenters. The zero-order chi connectivity index (χ0) is 14.9. The van der Waals surface area contributed by atoms with E-state index in [1.54, 1.807) is 0 Å². The van der Waals surface area contributed by atoms with Gasteiger partial charge in [-0.3, -0.25) is 25.0 Å². The molecular formula is C12H9N3O5. The fourth-order valence-corrected chi connectivity index (χ4v) is 2.01. The molecule has 1 atom stereocenters. The summed E-state index contributed by atoms with van der Waals surface area (Å²) in [6, 6.07) is 3.11. The van der Waals surface area contributed by atoms with Crippen molar-refractivity contribution in [3.05, 3.63) is 38.4 Å². The van der Waals surface area contributed by atoms with Gasteiger partial charge in [0.15, 0.2) is 0 Å². The summed E-state index contributed by atoms with van der Waals surface area (Å²) in [4.78, 5) is 33.1. The van der Waals surface area contributed by atoms with Gasteiger partial charge in [0.2, 0.25) is 5.91 Å². The SMILES string of the molecule is C#CC1CC(=O)N(c2cc([N+](=O)[O-])cc([N+](=O)[O-])c2)C1. The molecule has 0 N–H and O–H groups in total. The molecule has 2 rings (SSSR count). The molecule has 1 heterocycles. The molecule has 1 aromatic carbocycles. The van der Waals surface area contributed by atoms with Crippen molar-refractivity contribution in [2.75, 3.05) is 11.4 Å². The highest BCUT2D eigenvalue weighted by atomic mass is 16.6. The van der Waals surface area contributed by atoms with Crippen molar-refractivity contribution in [1.29, 1.82) is 0 Å². The van der Waals surface area contributed by atoms with Crippen molar-refractivity contribution in [3.63, 3.8) is 0 Å². The van der Waals surface area contributed by atoms with Gasteiger partial charge >= 0.3 is 0 Å². The summed E-state index contributed by atoms with van der Waals surface area (Å²) in [7, 11) is 0. The molecule has 0 radical (unpaired) electrons. The molecule has 1 aromatic rings. The van der Waals surface area contributed by atoms with Gasteiger partial charge in [0.1, 0.15) is 0 Å². The van der Waals surface area contributed by atoms with E-state index in [0.29, 0.717) is 0 Å². The Bertz CT molecular complexity index is 617. The number of amides is 1. The average Bonchev–Trinajstić information content (AvgIpc) is 2.79. The van der Waals surface area contributed by atoms with E-state index >= 15 is 0 Å². The molecule has 102 valence electrons. The first-order valence-electron chi connectivity index (χ1n) is 5.62. The number of nitro benzene ring substituents is 2. The fraction of sp³-hybridized carbons (Fsp3) is 0.250. The third-order valence-electron chi connectivity index (χ3n) is 2.98. The van der Waals surface area contributed by atoms with E-state index in [2.05, 4.69) is 5.92 Å². The topological polar surface area (TPSA) is 107 Å². The van der Waals surface area contributed by atoms with Crippen LogP contribution >= 0.6 is 0 Å². The van der Waals surface area contributed by atoms with Gasteiger partial charge < -0.3 is 4.90 Å². The van der Waals surface area contributed by atoms with Crippen LogP contribution < -0.4 is 4.90 Å². The van der Waals surface area contributed by atoms with E-state index in [1.807, 2.05) is 0 Å². The van der Waals surface area contributed by atoms with E-state index in [1.165, 1.54) is 4.90 Å². The molecule has 0 saturated carbocycles. The molecule has 8 nitrogen and oxygen atoms in total. The minimum atomic E-state index is -0.740. The number of benzene rings is 1. The second-order valence-corrected chi connectivity index (χ2v) is 4.29. The van der Waals surface area contributed by atoms with Gasteiger partial charge in [-0.2, -0.15) is 0 Å². The number of non-ortho nitro benzene ring substituents is 2. The minimum absolute atomic E-state index is 0.119. The first-order valence-corrected chi connectivity index (χ1v) is 5.62. The van der Waals surface area contributed by atoms with Crippen molar-refractivity contribution in [1.82, 2.24) is 0 Å². The van der Waals surface area contributed by atoms with Crippen LogP contribution in [-0.4, -0.2) is 22.3 Å². The normalized spacial score (nSPS) is 17.9. The Morgan fingerprint density at radius 2 is 1.75 bits per heavy atom. The van der Waals surface area contributed by atoms with Crippen LogP contribution in [0, 0.1) is 38.5 Å². The van der Waals surface area contributed by atoms with Crippen molar-refractivity contribution < 1.29 is 14.6 Å². The molecule has 1 fully saturated rings. The summed E-state index contributed by atoms with van der Waals surface area (Å²) in [6.07, 6.45) is 5.38. The van der Waals surface area contributed by atoms with Crippen LogP contribution in [0.5, 0.6) is 0 Å². The molecule has 0 aromatic heterocycles. The van der Waals surface area contributed by atoms with Crippen LogP contribution in [0.1, 0.15) is 6.42 Å². The van der Waals surface area contributed by atoms with Crippen LogP contribution in [0.2, 0.25) is 0 Å². The van der Waals surface area contributed by atoms with E-state index in [9.17, 15) is 25.0 Å². The third kappa shape index (κ3) is 2.42. The predicted octanol–water partition coefficient (Wildman–Crippen LogP) is 1.49. The van der Waals surface area contributed by atoms with Gasteiger partial charge in [0.25, 0.3) is 11.4 Å². The summed E-state index contributed by atoms with van der Waals surface area (Å²) in [5.74, 6) is 1.84. The maximum Gasteiger partial charge on any atom is 0.278 e.